The molecule has 29 heavy (non-hydrogen) atoms. The standard InChI is InChI=1S/C15H14N4O7S3/c1-25-12-7-9(4-5-11(12)26-29(3,23)24)6-10(8-16)13(20)17-14-18-15(19-27-14)28(2,21)22/h4-7H,1-3H3,(H,17,18,19,20). The van der Waals surface area contributed by atoms with Crippen LogP contribution in [0.15, 0.2) is 28.9 Å². The summed E-state index contributed by atoms with van der Waals surface area (Å²) in [5.74, 6) is -0.819. The number of nitrogens with one attached hydrogen (secondary N) is 1. The van der Waals surface area contributed by atoms with Crippen molar-refractivity contribution in [2.24, 2.45) is 0 Å². The van der Waals surface area contributed by atoms with E-state index in [9.17, 15) is 26.9 Å². The van der Waals surface area contributed by atoms with Crippen molar-refractivity contribution in [1.29, 1.82) is 5.26 Å². The van der Waals surface area contributed by atoms with Gasteiger partial charge >= 0.3 is 10.1 Å². The summed E-state index contributed by atoms with van der Waals surface area (Å²) in [4.78, 5) is 15.9. The summed E-state index contributed by atoms with van der Waals surface area (Å²) in [5.41, 5.74) is 0.0310. The van der Waals surface area contributed by atoms with Gasteiger partial charge in [0.05, 0.1) is 13.4 Å². The smallest absolute Gasteiger partial charge is 0.306 e. The molecule has 0 aliphatic heterocycles. The normalized spacial score (nSPS) is 12.1. The molecule has 11 nitrogen and oxygen atoms in total. The van der Waals surface area contributed by atoms with E-state index in [1.54, 1.807) is 6.07 Å². The fourth-order valence-electron chi connectivity index (χ4n) is 1.90. The molecular formula is C15H14N4O7S3. The van der Waals surface area contributed by atoms with Gasteiger partial charge in [0.2, 0.25) is 15.0 Å². The van der Waals surface area contributed by atoms with Crippen LogP contribution in [0.2, 0.25) is 0 Å². The van der Waals surface area contributed by atoms with E-state index >= 15 is 0 Å². The number of anilines is 1. The lowest BCUT2D eigenvalue weighted by atomic mass is 10.1. The third kappa shape index (κ3) is 6.24. The summed E-state index contributed by atoms with van der Waals surface area (Å²) in [5, 5.41) is 11.0. The van der Waals surface area contributed by atoms with Crippen molar-refractivity contribution in [1.82, 2.24) is 9.36 Å². The van der Waals surface area contributed by atoms with Gasteiger partial charge in [-0.25, -0.2) is 8.42 Å². The third-order valence-electron chi connectivity index (χ3n) is 3.06. The van der Waals surface area contributed by atoms with Crippen molar-refractivity contribution < 1.29 is 30.6 Å². The molecule has 1 aromatic carbocycles. The molecule has 0 fully saturated rings. The van der Waals surface area contributed by atoms with Crippen LogP contribution in [0.4, 0.5) is 5.13 Å². The number of sulfone groups is 1. The van der Waals surface area contributed by atoms with E-state index in [1.807, 2.05) is 0 Å². The molecule has 0 bridgehead atoms. The van der Waals surface area contributed by atoms with Crippen LogP contribution in [0.25, 0.3) is 6.08 Å². The number of nitriles is 1. The Kier molecular flexibility index (Phi) is 6.57. The maximum Gasteiger partial charge on any atom is 0.306 e. The van der Waals surface area contributed by atoms with Gasteiger partial charge in [-0.3, -0.25) is 10.1 Å². The SMILES string of the molecule is COc1cc(C=C(C#N)C(=O)Nc2nc(S(C)(=O)=O)ns2)ccc1OS(C)(=O)=O. The quantitative estimate of drug-likeness (QED) is 0.357. The van der Waals surface area contributed by atoms with Crippen molar-refractivity contribution in [3.8, 4) is 17.6 Å². The monoisotopic (exact) mass is 458 g/mol. The van der Waals surface area contributed by atoms with E-state index < -0.39 is 31.0 Å². The van der Waals surface area contributed by atoms with E-state index in [4.69, 9.17) is 8.92 Å². The highest BCUT2D eigenvalue weighted by molar-refractivity contribution is 7.90. The summed E-state index contributed by atoms with van der Waals surface area (Å²) in [7, 11) is -6.11. The van der Waals surface area contributed by atoms with Crippen molar-refractivity contribution in [2.45, 2.75) is 5.16 Å². The Balaban J connectivity index is 2.28. The molecule has 0 spiro atoms. The van der Waals surface area contributed by atoms with Gasteiger partial charge in [0.15, 0.2) is 11.5 Å². The van der Waals surface area contributed by atoms with Gasteiger partial charge in [-0.15, -0.1) is 0 Å². The zero-order valence-corrected chi connectivity index (χ0v) is 17.7. The lowest BCUT2D eigenvalue weighted by Gasteiger charge is -2.09. The Bertz CT molecular complexity index is 1220. The maximum atomic E-state index is 12.3. The van der Waals surface area contributed by atoms with Crippen LogP contribution in [0.5, 0.6) is 11.5 Å². The summed E-state index contributed by atoms with van der Waals surface area (Å²) >= 11 is 0.650. The molecule has 2 aromatic rings. The molecule has 0 aliphatic carbocycles. The molecular weight excluding hydrogens is 444 g/mol. The molecule has 154 valence electrons. The van der Waals surface area contributed by atoms with E-state index in [0.29, 0.717) is 17.1 Å². The van der Waals surface area contributed by atoms with Gasteiger partial charge in [0.1, 0.15) is 11.6 Å². The average Bonchev–Trinajstić information content (AvgIpc) is 3.08. The first kappa shape index (κ1) is 22.3. The fraction of sp³-hybridized carbons (Fsp3) is 0.200. The number of benzene rings is 1. The van der Waals surface area contributed by atoms with Gasteiger partial charge < -0.3 is 8.92 Å². The highest BCUT2D eigenvalue weighted by atomic mass is 32.2. The van der Waals surface area contributed by atoms with Crippen molar-refractivity contribution in [3.63, 3.8) is 0 Å². The minimum atomic E-state index is -3.77. The predicted octanol–water partition coefficient (Wildman–Crippen LogP) is 0.834. The van der Waals surface area contributed by atoms with E-state index in [2.05, 4.69) is 14.7 Å². The van der Waals surface area contributed by atoms with Crippen molar-refractivity contribution in [3.05, 3.63) is 29.3 Å². The summed E-state index contributed by atoms with van der Waals surface area (Å²) in [6.45, 7) is 0. The molecule has 0 aliphatic rings. The number of carbonyl (C=O) groups excluding carboxylic acids is 1. The van der Waals surface area contributed by atoms with E-state index in [-0.39, 0.29) is 22.2 Å². The van der Waals surface area contributed by atoms with Gasteiger partial charge in [-0.1, -0.05) is 6.07 Å². The lowest BCUT2D eigenvalue weighted by Crippen LogP contribution is -2.13. The second-order valence-corrected chi connectivity index (χ2v) is 9.71. The molecule has 0 radical (unpaired) electrons. The number of carbonyl (C=O) groups is 1. The molecule has 0 unspecified atom stereocenters. The van der Waals surface area contributed by atoms with Gasteiger partial charge in [0.25, 0.3) is 11.1 Å². The molecule has 1 aromatic heterocycles. The Morgan fingerprint density at radius 3 is 2.45 bits per heavy atom. The molecule has 14 heteroatoms. The van der Waals surface area contributed by atoms with Crippen LogP contribution in [-0.4, -0.2) is 51.7 Å². The number of rotatable bonds is 7. The van der Waals surface area contributed by atoms with Crippen molar-refractivity contribution >= 4 is 48.6 Å². The van der Waals surface area contributed by atoms with Crippen molar-refractivity contribution in [2.75, 3.05) is 24.9 Å². The minimum Gasteiger partial charge on any atom is -0.493 e. The van der Waals surface area contributed by atoms with Crippen LogP contribution in [0.3, 0.4) is 0 Å². The Morgan fingerprint density at radius 2 is 1.93 bits per heavy atom. The number of hydrogen-bond donors (Lipinski definition) is 1. The summed E-state index contributed by atoms with van der Waals surface area (Å²) in [6.07, 6.45) is 3.02. The predicted molar refractivity (Wildman–Crippen MR) is 104 cm³/mol. The second-order valence-electron chi connectivity index (χ2n) is 5.48. The average molecular weight is 458 g/mol. The number of ether oxygens (including phenoxy) is 1. The molecule has 1 heterocycles. The van der Waals surface area contributed by atoms with Crippen LogP contribution >= 0.6 is 11.5 Å². The van der Waals surface area contributed by atoms with Gasteiger partial charge in [0, 0.05) is 17.8 Å². The van der Waals surface area contributed by atoms with Gasteiger partial charge in [-0.05, 0) is 23.8 Å². The number of amides is 1. The summed E-state index contributed by atoms with van der Waals surface area (Å²) in [6, 6.07) is 5.81. The molecule has 0 atom stereocenters. The Labute approximate surface area is 170 Å². The highest BCUT2D eigenvalue weighted by Crippen LogP contribution is 2.30. The van der Waals surface area contributed by atoms with Gasteiger partial charge in [-0.2, -0.15) is 23.0 Å². The molecule has 1 N–H and O–H groups in total. The number of methoxy groups -OCH3 is 1. The van der Waals surface area contributed by atoms with E-state index in [0.717, 1.165) is 12.5 Å². The zero-order valence-electron chi connectivity index (χ0n) is 15.2. The maximum absolute atomic E-state index is 12.3. The topological polar surface area (TPSA) is 165 Å². The Morgan fingerprint density at radius 1 is 1.24 bits per heavy atom. The number of aromatic nitrogens is 2. The first-order valence-corrected chi connectivity index (χ1v) is 12.0. The van der Waals surface area contributed by atoms with Crippen LogP contribution in [0, 0.1) is 11.3 Å². The molecule has 2 rings (SSSR count). The second kappa shape index (κ2) is 8.55. The first-order valence-electron chi connectivity index (χ1n) is 7.47. The molecule has 0 saturated carbocycles. The Hall–Kier alpha value is -3.02. The van der Waals surface area contributed by atoms with Crippen LogP contribution in [-0.2, 0) is 24.7 Å². The largest absolute Gasteiger partial charge is 0.493 e. The highest BCUT2D eigenvalue weighted by Gasteiger charge is 2.18. The van der Waals surface area contributed by atoms with Crippen LogP contribution < -0.4 is 14.2 Å². The molecule has 1 amide bonds. The number of hydrogen-bond acceptors (Lipinski definition) is 11. The fourth-order valence-corrected chi connectivity index (χ4v) is 3.80. The lowest BCUT2D eigenvalue weighted by molar-refractivity contribution is -0.112. The third-order valence-corrected chi connectivity index (χ3v) is 5.14. The zero-order chi connectivity index (χ0) is 21.8. The summed E-state index contributed by atoms with van der Waals surface area (Å²) < 4.78 is 58.8. The minimum absolute atomic E-state index is 0.0581. The van der Waals surface area contributed by atoms with Crippen LogP contribution in [0.1, 0.15) is 5.56 Å². The number of nitrogens with zero attached hydrogens (tertiary/aromatic N) is 3. The molecule has 0 saturated heterocycles. The first-order chi connectivity index (χ1) is 13.4. The van der Waals surface area contributed by atoms with E-state index in [1.165, 1.54) is 31.4 Å².